The number of carbonyl (C=O) groups excluding carboxylic acids is 1. The van der Waals surface area contributed by atoms with Gasteiger partial charge in [0.05, 0.1) is 13.7 Å². The average Bonchev–Trinajstić information content (AvgIpc) is 2.38. The van der Waals surface area contributed by atoms with E-state index in [-0.39, 0.29) is 11.7 Å². The van der Waals surface area contributed by atoms with Crippen molar-refractivity contribution in [3.05, 3.63) is 24.3 Å². The Hall–Kier alpha value is -1.22. The molecule has 0 saturated heterocycles. The number of Topliss-reactive ketones (excluding diaryl/α,β-unsaturated/α-hetero) is 1. The Bertz CT molecular complexity index is 379. The van der Waals surface area contributed by atoms with E-state index in [0.717, 1.165) is 0 Å². The van der Waals surface area contributed by atoms with Gasteiger partial charge >= 0.3 is 0 Å². The van der Waals surface area contributed by atoms with Crippen molar-refractivity contribution < 1.29 is 14.3 Å². The molecule has 100 valence electrons. The topological polar surface area (TPSA) is 35.5 Å². The Kier molecular flexibility index (Phi) is 6.58. The lowest BCUT2D eigenvalue weighted by Gasteiger charge is -2.14. The van der Waals surface area contributed by atoms with Crippen molar-refractivity contribution in [1.82, 2.24) is 0 Å². The number of ether oxygens (including phenoxy) is 2. The fraction of sp³-hybridized carbons (Fsp3) is 0.500. The minimum atomic E-state index is -0.0165. The van der Waals surface area contributed by atoms with Crippen LogP contribution in [0.15, 0.2) is 24.3 Å². The smallest absolute Gasteiger partial charge is 0.161 e. The van der Waals surface area contributed by atoms with E-state index in [1.165, 1.54) is 0 Å². The van der Waals surface area contributed by atoms with Crippen LogP contribution < -0.4 is 9.47 Å². The molecule has 1 aromatic rings. The average molecular weight is 271 g/mol. The summed E-state index contributed by atoms with van der Waals surface area (Å²) in [6.07, 6.45) is 1.38. The normalized spacial score (nSPS) is 11.9. The van der Waals surface area contributed by atoms with Crippen LogP contribution in [0.5, 0.6) is 11.5 Å². The van der Waals surface area contributed by atoms with Gasteiger partial charge in [-0.05, 0) is 31.9 Å². The lowest BCUT2D eigenvalue weighted by Crippen LogP contribution is -2.15. The Morgan fingerprint density at radius 1 is 1.28 bits per heavy atom. The third-order valence-electron chi connectivity index (χ3n) is 2.83. The molecule has 0 aliphatic rings. The third kappa shape index (κ3) is 4.57. The van der Waals surface area contributed by atoms with E-state index in [9.17, 15) is 4.79 Å². The molecular formula is C14H19ClO3. The zero-order chi connectivity index (χ0) is 13.4. The Morgan fingerprint density at radius 2 is 1.94 bits per heavy atom. The number of para-hydroxylation sites is 2. The van der Waals surface area contributed by atoms with Crippen LogP contribution in [0.25, 0.3) is 0 Å². The first-order valence-corrected chi connectivity index (χ1v) is 6.54. The van der Waals surface area contributed by atoms with Gasteiger partial charge in [0, 0.05) is 11.8 Å². The summed E-state index contributed by atoms with van der Waals surface area (Å²) >= 11 is 5.67. The first-order chi connectivity index (χ1) is 8.69. The molecule has 0 aliphatic carbocycles. The summed E-state index contributed by atoms with van der Waals surface area (Å²) in [4.78, 5) is 11.4. The molecule has 0 amide bonds. The van der Waals surface area contributed by atoms with Crippen LogP contribution in [0, 0.1) is 5.92 Å². The Balaban J connectivity index is 2.47. The van der Waals surface area contributed by atoms with E-state index in [1.54, 1.807) is 14.0 Å². The maximum Gasteiger partial charge on any atom is 0.161 e. The van der Waals surface area contributed by atoms with Gasteiger partial charge in [0.1, 0.15) is 5.78 Å². The van der Waals surface area contributed by atoms with Gasteiger partial charge in [-0.3, -0.25) is 4.79 Å². The molecule has 0 fully saturated rings. The van der Waals surface area contributed by atoms with Crippen molar-refractivity contribution >= 4 is 17.4 Å². The van der Waals surface area contributed by atoms with Gasteiger partial charge in [0.25, 0.3) is 0 Å². The minimum absolute atomic E-state index is 0.0165. The number of rotatable bonds is 8. The Morgan fingerprint density at radius 3 is 2.50 bits per heavy atom. The monoisotopic (exact) mass is 270 g/mol. The van der Waals surface area contributed by atoms with Gasteiger partial charge in [0.2, 0.25) is 0 Å². The molecule has 1 unspecified atom stereocenters. The molecule has 0 aromatic heterocycles. The van der Waals surface area contributed by atoms with E-state index >= 15 is 0 Å². The predicted octanol–water partition coefficient (Wildman–Crippen LogP) is 3.30. The van der Waals surface area contributed by atoms with Crippen LogP contribution in [0.1, 0.15) is 19.8 Å². The highest BCUT2D eigenvalue weighted by Gasteiger charge is 2.14. The second kappa shape index (κ2) is 7.98. The van der Waals surface area contributed by atoms with Crippen LogP contribution in [-0.4, -0.2) is 25.4 Å². The quantitative estimate of drug-likeness (QED) is 0.680. The molecule has 0 aliphatic heterocycles. The van der Waals surface area contributed by atoms with Crippen molar-refractivity contribution in [3.8, 4) is 11.5 Å². The molecule has 0 N–H and O–H groups in total. The molecular weight excluding hydrogens is 252 g/mol. The third-order valence-corrected chi connectivity index (χ3v) is 3.04. The van der Waals surface area contributed by atoms with Crippen LogP contribution in [0.2, 0.25) is 0 Å². The summed E-state index contributed by atoms with van der Waals surface area (Å²) in [5.41, 5.74) is 0. The van der Waals surface area contributed by atoms with Gasteiger partial charge < -0.3 is 9.47 Å². The minimum Gasteiger partial charge on any atom is -0.493 e. The first-order valence-electron chi connectivity index (χ1n) is 6.01. The van der Waals surface area contributed by atoms with E-state index in [0.29, 0.717) is 36.8 Å². The van der Waals surface area contributed by atoms with Crippen LogP contribution >= 0.6 is 11.6 Å². The number of methoxy groups -OCH3 is 1. The largest absolute Gasteiger partial charge is 0.493 e. The zero-order valence-electron chi connectivity index (χ0n) is 10.8. The van der Waals surface area contributed by atoms with Gasteiger partial charge in [-0.15, -0.1) is 11.6 Å². The number of carbonyl (C=O) groups is 1. The summed E-state index contributed by atoms with van der Waals surface area (Å²) in [6.45, 7) is 2.09. The van der Waals surface area contributed by atoms with Gasteiger partial charge in [-0.25, -0.2) is 0 Å². The molecule has 0 saturated carbocycles. The number of halogens is 1. The van der Waals surface area contributed by atoms with E-state index in [2.05, 4.69) is 0 Å². The fourth-order valence-electron chi connectivity index (χ4n) is 1.73. The molecule has 0 bridgehead atoms. The maximum atomic E-state index is 11.4. The number of hydrogen-bond donors (Lipinski definition) is 0. The summed E-state index contributed by atoms with van der Waals surface area (Å²) in [5.74, 6) is 2.05. The van der Waals surface area contributed by atoms with Crippen LogP contribution in [0.4, 0.5) is 0 Å². The molecule has 0 spiro atoms. The number of hydrogen-bond acceptors (Lipinski definition) is 3. The number of alkyl halides is 1. The highest BCUT2D eigenvalue weighted by Crippen LogP contribution is 2.26. The van der Waals surface area contributed by atoms with Gasteiger partial charge in [-0.2, -0.15) is 0 Å². The van der Waals surface area contributed by atoms with E-state index in [4.69, 9.17) is 21.1 Å². The fourth-order valence-corrected chi connectivity index (χ4v) is 2.00. The van der Waals surface area contributed by atoms with Gasteiger partial charge in [-0.1, -0.05) is 12.1 Å². The molecule has 1 rings (SSSR count). The van der Waals surface area contributed by atoms with Crippen LogP contribution in [0.3, 0.4) is 0 Å². The van der Waals surface area contributed by atoms with Crippen molar-refractivity contribution in [2.24, 2.45) is 5.92 Å². The molecule has 3 nitrogen and oxygen atoms in total. The van der Waals surface area contributed by atoms with E-state index in [1.807, 2.05) is 24.3 Å². The van der Waals surface area contributed by atoms with Gasteiger partial charge in [0.15, 0.2) is 11.5 Å². The number of ketones is 1. The highest BCUT2D eigenvalue weighted by molar-refractivity contribution is 6.18. The van der Waals surface area contributed by atoms with Crippen molar-refractivity contribution in [2.45, 2.75) is 19.8 Å². The SMILES string of the molecule is COc1ccccc1OCCC(CCCl)C(C)=O. The molecule has 0 heterocycles. The Labute approximate surface area is 113 Å². The summed E-state index contributed by atoms with van der Waals surface area (Å²) < 4.78 is 10.8. The maximum absolute atomic E-state index is 11.4. The van der Waals surface area contributed by atoms with Crippen molar-refractivity contribution in [2.75, 3.05) is 19.6 Å². The second-order valence-electron chi connectivity index (χ2n) is 4.07. The molecule has 4 heteroatoms. The predicted molar refractivity (Wildman–Crippen MR) is 72.6 cm³/mol. The van der Waals surface area contributed by atoms with Crippen LogP contribution in [-0.2, 0) is 4.79 Å². The summed E-state index contributed by atoms with van der Waals surface area (Å²) in [5, 5.41) is 0. The lowest BCUT2D eigenvalue weighted by atomic mass is 9.99. The lowest BCUT2D eigenvalue weighted by molar-refractivity contribution is -0.121. The van der Waals surface area contributed by atoms with E-state index < -0.39 is 0 Å². The standard InChI is InChI=1S/C14H19ClO3/c1-11(16)12(7-9-15)8-10-18-14-6-4-3-5-13(14)17-2/h3-6,12H,7-10H2,1-2H3. The highest BCUT2D eigenvalue weighted by atomic mass is 35.5. The second-order valence-corrected chi connectivity index (χ2v) is 4.45. The molecule has 18 heavy (non-hydrogen) atoms. The van der Waals surface area contributed by atoms with Crippen molar-refractivity contribution in [3.63, 3.8) is 0 Å². The summed E-state index contributed by atoms with van der Waals surface area (Å²) in [7, 11) is 1.61. The van der Waals surface area contributed by atoms with Crippen molar-refractivity contribution in [1.29, 1.82) is 0 Å². The molecule has 0 radical (unpaired) electrons. The number of benzene rings is 1. The first kappa shape index (κ1) is 14.8. The summed E-state index contributed by atoms with van der Waals surface area (Å²) in [6, 6.07) is 7.47. The molecule has 1 atom stereocenters. The zero-order valence-corrected chi connectivity index (χ0v) is 11.6. The molecule has 1 aromatic carbocycles.